The monoisotopic (exact) mass is 268 g/mol. The standard InChI is InChI=1S/C17H16O3/c18-17-13(11-15-7-3-9-19-15)5-1-2-6-14(17)12-16-8-4-10-20-16/h3-4,7-12H,1-2,5-6H2/b13-11-,14-12-. The van der Waals surface area contributed by atoms with Gasteiger partial charge in [-0.05, 0) is 62.1 Å². The van der Waals surface area contributed by atoms with E-state index in [2.05, 4.69) is 0 Å². The van der Waals surface area contributed by atoms with Crippen molar-refractivity contribution in [3.05, 3.63) is 59.5 Å². The maximum absolute atomic E-state index is 12.6. The van der Waals surface area contributed by atoms with Crippen LogP contribution in [0.4, 0.5) is 0 Å². The first kappa shape index (κ1) is 12.7. The first-order valence-electron chi connectivity index (χ1n) is 6.86. The van der Waals surface area contributed by atoms with Gasteiger partial charge in [-0.3, -0.25) is 4.79 Å². The molecule has 102 valence electrons. The van der Waals surface area contributed by atoms with Crippen molar-refractivity contribution in [2.45, 2.75) is 25.7 Å². The number of rotatable bonds is 2. The van der Waals surface area contributed by atoms with Crippen LogP contribution in [0.5, 0.6) is 0 Å². The van der Waals surface area contributed by atoms with Crippen molar-refractivity contribution < 1.29 is 13.6 Å². The van der Waals surface area contributed by atoms with Crippen LogP contribution in [-0.2, 0) is 4.79 Å². The molecule has 1 aliphatic rings. The Morgan fingerprint density at radius 1 is 0.850 bits per heavy atom. The summed E-state index contributed by atoms with van der Waals surface area (Å²) in [4.78, 5) is 12.6. The van der Waals surface area contributed by atoms with Crippen molar-refractivity contribution in [3.8, 4) is 0 Å². The zero-order chi connectivity index (χ0) is 13.8. The molecule has 3 rings (SSSR count). The largest absolute Gasteiger partial charge is 0.465 e. The Balaban J connectivity index is 1.91. The first-order valence-corrected chi connectivity index (χ1v) is 6.86. The van der Waals surface area contributed by atoms with Crippen LogP contribution in [0.15, 0.2) is 56.8 Å². The van der Waals surface area contributed by atoms with E-state index in [0.29, 0.717) is 0 Å². The molecule has 3 nitrogen and oxygen atoms in total. The Kier molecular flexibility index (Phi) is 3.68. The molecule has 0 aliphatic heterocycles. The number of allylic oxidation sites excluding steroid dienone is 2. The molecule has 0 unspecified atom stereocenters. The van der Waals surface area contributed by atoms with E-state index >= 15 is 0 Å². The minimum Gasteiger partial charge on any atom is -0.465 e. The average molecular weight is 268 g/mol. The van der Waals surface area contributed by atoms with Crippen LogP contribution in [0.2, 0.25) is 0 Å². The molecular weight excluding hydrogens is 252 g/mol. The molecule has 0 radical (unpaired) electrons. The summed E-state index contributed by atoms with van der Waals surface area (Å²) in [5, 5.41) is 0. The first-order chi connectivity index (χ1) is 9.83. The van der Waals surface area contributed by atoms with Crippen LogP contribution in [0.25, 0.3) is 12.2 Å². The Morgan fingerprint density at radius 2 is 1.35 bits per heavy atom. The summed E-state index contributed by atoms with van der Waals surface area (Å²) in [5.74, 6) is 1.57. The summed E-state index contributed by atoms with van der Waals surface area (Å²) >= 11 is 0. The molecule has 2 aromatic rings. The lowest BCUT2D eigenvalue weighted by atomic mass is 10.0. The molecule has 2 heterocycles. The highest BCUT2D eigenvalue weighted by Gasteiger charge is 2.19. The summed E-state index contributed by atoms with van der Waals surface area (Å²) in [6.07, 6.45) is 10.6. The fourth-order valence-electron chi connectivity index (χ4n) is 2.43. The summed E-state index contributed by atoms with van der Waals surface area (Å²) in [5.41, 5.74) is 1.63. The van der Waals surface area contributed by atoms with Gasteiger partial charge < -0.3 is 8.83 Å². The highest BCUT2D eigenvalue weighted by molar-refractivity contribution is 6.13. The number of carbonyl (C=O) groups excluding carboxylic acids is 1. The van der Waals surface area contributed by atoms with Crippen LogP contribution < -0.4 is 0 Å². The van der Waals surface area contributed by atoms with Gasteiger partial charge in [-0.2, -0.15) is 0 Å². The fraction of sp³-hybridized carbons (Fsp3) is 0.235. The number of Topliss-reactive ketones (excluding diaryl/α,β-unsaturated/α-hetero) is 1. The van der Waals surface area contributed by atoms with Gasteiger partial charge in [-0.1, -0.05) is 0 Å². The van der Waals surface area contributed by atoms with E-state index in [1.807, 2.05) is 36.4 Å². The second-order valence-electron chi connectivity index (χ2n) is 4.91. The maximum atomic E-state index is 12.6. The van der Waals surface area contributed by atoms with Crippen molar-refractivity contribution in [3.63, 3.8) is 0 Å². The second kappa shape index (κ2) is 5.78. The quantitative estimate of drug-likeness (QED) is 0.595. The average Bonchev–Trinajstić information content (AvgIpc) is 3.10. The van der Waals surface area contributed by atoms with E-state index in [-0.39, 0.29) is 5.78 Å². The molecule has 0 aromatic carbocycles. The Labute approximate surface area is 117 Å². The van der Waals surface area contributed by atoms with Gasteiger partial charge >= 0.3 is 0 Å². The lowest BCUT2D eigenvalue weighted by Crippen LogP contribution is -2.03. The van der Waals surface area contributed by atoms with Crippen LogP contribution in [0, 0.1) is 0 Å². The Bertz CT molecular complexity index is 572. The van der Waals surface area contributed by atoms with Crippen molar-refractivity contribution in [1.82, 2.24) is 0 Å². The number of hydrogen-bond acceptors (Lipinski definition) is 3. The van der Waals surface area contributed by atoms with Gasteiger partial charge in [-0.15, -0.1) is 0 Å². The van der Waals surface area contributed by atoms with Crippen molar-refractivity contribution in [2.24, 2.45) is 0 Å². The Hall–Kier alpha value is -2.29. The van der Waals surface area contributed by atoms with E-state index in [9.17, 15) is 4.79 Å². The normalized spacial score (nSPS) is 20.5. The third-order valence-corrected chi connectivity index (χ3v) is 3.44. The van der Waals surface area contributed by atoms with E-state index in [0.717, 1.165) is 48.3 Å². The Morgan fingerprint density at radius 3 is 1.75 bits per heavy atom. The molecule has 2 aromatic heterocycles. The van der Waals surface area contributed by atoms with Crippen molar-refractivity contribution in [2.75, 3.05) is 0 Å². The molecule has 0 saturated heterocycles. The van der Waals surface area contributed by atoms with Crippen molar-refractivity contribution in [1.29, 1.82) is 0 Å². The van der Waals surface area contributed by atoms with E-state index in [1.54, 1.807) is 12.5 Å². The van der Waals surface area contributed by atoms with Crippen LogP contribution >= 0.6 is 0 Å². The second-order valence-corrected chi connectivity index (χ2v) is 4.91. The minimum atomic E-state index is 0.107. The topological polar surface area (TPSA) is 43.4 Å². The third-order valence-electron chi connectivity index (χ3n) is 3.44. The molecule has 0 N–H and O–H groups in total. The van der Waals surface area contributed by atoms with Crippen LogP contribution in [-0.4, -0.2) is 5.78 Å². The van der Waals surface area contributed by atoms with E-state index in [4.69, 9.17) is 8.83 Å². The predicted octanol–water partition coefficient (Wildman–Crippen LogP) is 4.48. The van der Waals surface area contributed by atoms with Crippen molar-refractivity contribution >= 4 is 17.9 Å². The van der Waals surface area contributed by atoms with Crippen LogP contribution in [0.1, 0.15) is 37.2 Å². The van der Waals surface area contributed by atoms with Gasteiger partial charge in [0.15, 0.2) is 5.78 Å². The molecule has 3 heteroatoms. The minimum absolute atomic E-state index is 0.107. The molecular formula is C17H16O3. The summed E-state index contributed by atoms with van der Waals surface area (Å²) in [6.45, 7) is 0. The SMILES string of the molecule is O=C1/C(=C\c2ccco2)CCCC/C1=C/c1ccco1. The van der Waals surface area contributed by atoms with Gasteiger partial charge in [0.2, 0.25) is 0 Å². The van der Waals surface area contributed by atoms with Crippen LogP contribution in [0.3, 0.4) is 0 Å². The number of hydrogen-bond donors (Lipinski definition) is 0. The smallest absolute Gasteiger partial charge is 0.185 e. The predicted molar refractivity (Wildman–Crippen MR) is 76.8 cm³/mol. The molecule has 0 spiro atoms. The highest BCUT2D eigenvalue weighted by Crippen LogP contribution is 2.27. The van der Waals surface area contributed by atoms with Gasteiger partial charge in [0.05, 0.1) is 12.5 Å². The molecule has 20 heavy (non-hydrogen) atoms. The maximum Gasteiger partial charge on any atom is 0.185 e. The third kappa shape index (κ3) is 2.82. The molecule has 1 saturated carbocycles. The van der Waals surface area contributed by atoms with Gasteiger partial charge in [0.1, 0.15) is 11.5 Å². The lowest BCUT2D eigenvalue weighted by molar-refractivity contribution is -0.112. The van der Waals surface area contributed by atoms with Gasteiger partial charge in [0, 0.05) is 11.1 Å². The lowest BCUT2D eigenvalue weighted by Gasteiger charge is -2.03. The summed E-state index contributed by atoms with van der Waals surface area (Å²) in [7, 11) is 0. The summed E-state index contributed by atoms with van der Waals surface area (Å²) < 4.78 is 10.6. The number of carbonyl (C=O) groups is 1. The zero-order valence-electron chi connectivity index (χ0n) is 11.2. The highest BCUT2D eigenvalue weighted by atomic mass is 16.3. The van der Waals surface area contributed by atoms with Gasteiger partial charge in [0.25, 0.3) is 0 Å². The molecule has 1 fully saturated rings. The number of ketones is 1. The molecule has 0 atom stereocenters. The molecule has 0 bridgehead atoms. The molecule has 1 aliphatic carbocycles. The van der Waals surface area contributed by atoms with Gasteiger partial charge in [-0.25, -0.2) is 0 Å². The fourth-order valence-corrected chi connectivity index (χ4v) is 2.43. The van der Waals surface area contributed by atoms with E-state index < -0.39 is 0 Å². The zero-order valence-corrected chi connectivity index (χ0v) is 11.2. The summed E-state index contributed by atoms with van der Waals surface area (Å²) in [6, 6.07) is 7.38. The molecule has 0 amide bonds. The number of furan rings is 2. The van der Waals surface area contributed by atoms with E-state index in [1.165, 1.54) is 0 Å².